The highest BCUT2D eigenvalue weighted by atomic mass is 32.2. The van der Waals surface area contributed by atoms with Gasteiger partial charge in [0.25, 0.3) is 0 Å². The van der Waals surface area contributed by atoms with Gasteiger partial charge in [-0.1, -0.05) is 24.3 Å². The molecule has 0 amide bonds. The topological polar surface area (TPSA) is 29.1 Å². The number of hydrogen-bond donors (Lipinski definition) is 1. The molecule has 124 valence electrons. The zero-order valence-corrected chi connectivity index (χ0v) is 13.5. The Morgan fingerprint density at radius 2 is 1.83 bits per heavy atom. The van der Waals surface area contributed by atoms with Crippen LogP contribution in [0.2, 0.25) is 0 Å². The zero-order chi connectivity index (χ0) is 16.9. The molecule has 0 aliphatic heterocycles. The molecule has 2 nitrogen and oxygen atoms in total. The molecular weight excluding hydrogens is 323 g/mol. The van der Waals surface area contributed by atoms with Gasteiger partial charge in [0.1, 0.15) is 0 Å². The number of halogens is 3. The third-order valence-electron chi connectivity index (χ3n) is 3.40. The lowest BCUT2D eigenvalue weighted by Crippen LogP contribution is -2.10. The Kier molecular flexibility index (Phi) is 5.96. The second-order valence-corrected chi connectivity index (χ2v) is 6.57. The van der Waals surface area contributed by atoms with Crippen molar-refractivity contribution in [1.82, 2.24) is 5.32 Å². The van der Waals surface area contributed by atoms with E-state index in [0.717, 1.165) is 31.0 Å². The molecule has 1 atom stereocenters. The molecule has 0 aliphatic carbocycles. The van der Waals surface area contributed by atoms with Crippen molar-refractivity contribution in [2.24, 2.45) is 0 Å². The molecule has 0 radical (unpaired) electrons. The van der Waals surface area contributed by atoms with Crippen LogP contribution in [0.25, 0.3) is 0 Å². The van der Waals surface area contributed by atoms with Gasteiger partial charge in [-0.2, -0.15) is 13.2 Å². The van der Waals surface area contributed by atoms with Crippen LogP contribution in [0.4, 0.5) is 13.2 Å². The van der Waals surface area contributed by atoms with Gasteiger partial charge in [0.15, 0.2) is 0 Å². The van der Waals surface area contributed by atoms with Gasteiger partial charge in [-0.15, -0.1) is 0 Å². The SMILES string of the molecule is CNCCCc1cccc(S(=O)c2ccccc2C(F)(F)F)c1. The smallest absolute Gasteiger partial charge is 0.320 e. The molecule has 0 spiro atoms. The van der Waals surface area contributed by atoms with Gasteiger partial charge in [-0.3, -0.25) is 0 Å². The molecule has 0 fully saturated rings. The van der Waals surface area contributed by atoms with Crippen LogP contribution in [-0.2, 0) is 23.4 Å². The first kappa shape index (κ1) is 17.7. The number of nitrogens with one attached hydrogen (secondary N) is 1. The van der Waals surface area contributed by atoms with Crippen LogP contribution in [0.1, 0.15) is 17.5 Å². The minimum absolute atomic E-state index is 0.202. The summed E-state index contributed by atoms with van der Waals surface area (Å²) >= 11 is 0. The average molecular weight is 341 g/mol. The fraction of sp³-hybridized carbons (Fsp3) is 0.294. The first-order valence-corrected chi connectivity index (χ1v) is 8.40. The van der Waals surface area contributed by atoms with E-state index >= 15 is 0 Å². The highest BCUT2D eigenvalue weighted by Gasteiger charge is 2.34. The van der Waals surface area contributed by atoms with Gasteiger partial charge in [0.05, 0.1) is 21.3 Å². The molecular formula is C17H18F3NOS. The van der Waals surface area contributed by atoms with Crippen molar-refractivity contribution in [1.29, 1.82) is 0 Å². The monoisotopic (exact) mass is 341 g/mol. The lowest BCUT2D eigenvalue weighted by molar-refractivity contribution is -0.139. The minimum Gasteiger partial charge on any atom is -0.320 e. The maximum atomic E-state index is 13.1. The summed E-state index contributed by atoms with van der Waals surface area (Å²) < 4.78 is 51.8. The number of benzene rings is 2. The first-order chi connectivity index (χ1) is 10.9. The molecule has 2 aromatic carbocycles. The highest BCUT2D eigenvalue weighted by molar-refractivity contribution is 7.85. The predicted molar refractivity (Wildman–Crippen MR) is 84.8 cm³/mol. The van der Waals surface area contributed by atoms with Crippen LogP contribution in [0, 0.1) is 0 Å². The van der Waals surface area contributed by atoms with Gasteiger partial charge in [0.2, 0.25) is 0 Å². The molecule has 0 bridgehead atoms. The van der Waals surface area contributed by atoms with Crippen LogP contribution in [0.15, 0.2) is 58.3 Å². The Bertz CT molecular complexity index is 686. The van der Waals surface area contributed by atoms with Gasteiger partial charge >= 0.3 is 6.18 Å². The van der Waals surface area contributed by atoms with Crippen molar-refractivity contribution in [2.75, 3.05) is 13.6 Å². The maximum Gasteiger partial charge on any atom is 0.417 e. The fourth-order valence-electron chi connectivity index (χ4n) is 2.28. The van der Waals surface area contributed by atoms with Crippen LogP contribution >= 0.6 is 0 Å². The van der Waals surface area contributed by atoms with Gasteiger partial charge < -0.3 is 5.32 Å². The molecule has 2 aromatic rings. The van der Waals surface area contributed by atoms with Crippen molar-refractivity contribution in [3.8, 4) is 0 Å². The quantitative estimate of drug-likeness (QED) is 0.804. The van der Waals surface area contributed by atoms with E-state index in [1.54, 1.807) is 18.2 Å². The standard InChI is InChI=1S/C17H18F3NOS/c1-21-11-5-7-13-6-4-8-14(12-13)23(22)16-10-3-2-9-15(16)17(18,19)20/h2-4,6,8-10,12,21H,5,7,11H2,1H3. The minimum atomic E-state index is -4.52. The summed E-state index contributed by atoms with van der Waals surface area (Å²) in [5.74, 6) is 0. The van der Waals surface area contributed by atoms with E-state index in [1.165, 1.54) is 18.2 Å². The number of aryl methyl sites for hydroxylation is 1. The number of hydrogen-bond acceptors (Lipinski definition) is 2. The largest absolute Gasteiger partial charge is 0.417 e. The van der Waals surface area contributed by atoms with Gasteiger partial charge in [-0.05, 0) is 56.3 Å². The Morgan fingerprint density at radius 3 is 2.52 bits per heavy atom. The van der Waals surface area contributed by atoms with E-state index in [1.807, 2.05) is 13.1 Å². The second kappa shape index (κ2) is 7.75. The summed E-state index contributed by atoms with van der Waals surface area (Å²) in [6, 6.07) is 12.0. The van der Waals surface area contributed by atoms with Gasteiger partial charge in [0, 0.05) is 4.90 Å². The molecule has 0 heterocycles. The Labute approximate surface area is 136 Å². The van der Waals surface area contributed by atoms with Crippen molar-refractivity contribution < 1.29 is 17.4 Å². The third kappa shape index (κ3) is 4.65. The van der Waals surface area contributed by atoms with Crippen LogP contribution in [0.3, 0.4) is 0 Å². The van der Waals surface area contributed by atoms with Gasteiger partial charge in [-0.25, -0.2) is 4.21 Å². The zero-order valence-electron chi connectivity index (χ0n) is 12.7. The number of alkyl halides is 3. The van der Waals surface area contributed by atoms with Crippen LogP contribution < -0.4 is 5.32 Å². The Morgan fingerprint density at radius 1 is 1.09 bits per heavy atom. The maximum absolute atomic E-state index is 13.1. The molecule has 0 aromatic heterocycles. The normalized spacial score (nSPS) is 13.0. The van der Waals surface area contributed by atoms with Crippen molar-refractivity contribution in [3.63, 3.8) is 0 Å². The summed E-state index contributed by atoms with van der Waals surface area (Å²) in [5.41, 5.74) is 0.120. The molecule has 23 heavy (non-hydrogen) atoms. The van der Waals surface area contributed by atoms with E-state index < -0.39 is 22.5 Å². The van der Waals surface area contributed by atoms with Crippen LogP contribution in [-0.4, -0.2) is 17.8 Å². The molecule has 2 rings (SSSR count). The summed E-state index contributed by atoms with van der Waals surface area (Å²) in [7, 11) is 0.00261. The average Bonchev–Trinajstić information content (AvgIpc) is 2.54. The van der Waals surface area contributed by atoms with E-state index in [2.05, 4.69) is 5.32 Å². The van der Waals surface area contributed by atoms with E-state index in [0.29, 0.717) is 4.90 Å². The van der Waals surface area contributed by atoms with Crippen molar-refractivity contribution in [2.45, 2.75) is 28.8 Å². The Balaban J connectivity index is 2.29. The highest BCUT2D eigenvalue weighted by Crippen LogP contribution is 2.34. The van der Waals surface area contributed by atoms with E-state index in [-0.39, 0.29) is 4.90 Å². The molecule has 1 unspecified atom stereocenters. The number of rotatable bonds is 6. The summed E-state index contributed by atoms with van der Waals surface area (Å²) in [6.07, 6.45) is -2.82. The molecule has 0 saturated heterocycles. The molecule has 1 N–H and O–H groups in total. The Hall–Kier alpha value is -1.66. The molecule has 6 heteroatoms. The summed E-state index contributed by atoms with van der Waals surface area (Å²) in [5, 5.41) is 3.04. The van der Waals surface area contributed by atoms with E-state index in [9.17, 15) is 17.4 Å². The summed E-state index contributed by atoms with van der Waals surface area (Å²) in [4.78, 5) is 0.191. The fourth-order valence-corrected chi connectivity index (χ4v) is 3.58. The lowest BCUT2D eigenvalue weighted by Gasteiger charge is -2.12. The van der Waals surface area contributed by atoms with Crippen molar-refractivity contribution in [3.05, 3.63) is 59.7 Å². The predicted octanol–water partition coefficient (Wildman–Crippen LogP) is 4.02. The third-order valence-corrected chi connectivity index (χ3v) is 4.83. The second-order valence-electron chi connectivity index (χ2n) is 5.12. The van der Waals surface area contributed by atoms with E-state index in [4.69, 9.17) is 0 Å². The summed E-state index contributed by atoms with van der Waals surface area (Å²) in [6.45, 7) is 0.851. The van der Waals surface area contributed by atoms with Crippen LogP contribution in [0.5, 0.6) is 0 Å². The molecule has 0 saturated carbocycles. The van der Waals surface area contributed by atoms with Crippen molar-refractivity contribution >= 4 is 10.8 Å². The molecule has 0 aliphatic rings. The first-order valence-electron chi connectivity index (χ1n) is 7.25. The lowest BCUT2D eigenvalue weighted by atomic mass is 10.1.